The molecule has 2 heteroatoms. The highest BCUT2D eigenvalue weighted by Gasteiger charge is 2.19. The predicted octanol–water partition coefficient (Wildman–Crippen LogP) is 1.99. The molecule has 0 aromatic carbocycles. The Morgan fingerprint density at radius 1 is 1.38 bits per heavy atom. The van der Waals surface area contributed by atoms with Crippen molar-refractivity contribution in [3.05, 3.63) is 35.6 Å². The van der Waals surface area contributed by atoms with Crippen LogP contribution in [0.5, 0.6) is 0 Å². The Hall–Kier alpha value is -1.02. The molecule has 1 heterocycles. The number of nitrogens with one attached hydrogen (secondary N) is 1. The smallest absolute Gasteiger partial charge is 0.0669 e. The molecule has 0 fully saturated rings. The molecular formula is C11H16N2. The highest BCUT2D eigenvalue weighted by molar-refractivity contribution is 5.24. The van der Waals surface area contributed by atoms with E-state index in [4.69, 9.17) is 0 Å². The van der Waals surface area contributed by atoms with Crippen LogP contribution < -0.4 is 5.43 Å². The van der Waals surface area contributed by atoms with Gasteiger partial charge in [0.15, 0.2) is 0 Å². The highest BCUT2D eigenvalue weighted by Crippen LogP contribution is 2.19. The topological polar surface area (TPSA) is 15.3 Å². The van der Waals surface area contributed by atoms with Crippen molar-refractivity contribution in [2.45, 2.75) is 26.3 Å². The normalized spacial score (nSPS) is 27.5. The van der Waals surface area contributed by atoms with Crippen LogP contribution in [0.3, 0.4) is 0 Å². The maximum absolute atomic E-state index is 3.35. The molecule has 0 radical (unpaired) electrons. The van der Waals surface area contributed by atoms with Gasteiger partial charge in [-0.1, -0.05) is 23.8 Å². The Morgan fingerprint density at radius 3 is 2.77 bits per heavy atom. The number of hydrogen-bond acceptors (Lipinski definition) is 2. The van der Waals surface area contributed by atoms with Gasteiger partial charge in [0, 0.05) is 12.2 Å². The lowest BCUT2D eigenvalue weighted by atomic mass is 10.0. The van der Waals surface area contributed by atoms with Gasteiger partial charge >= 0.3 is 0 Å². The lowest BCUT2D eigenvalue weighted by molar-refractivity contribution is 0.235. The quantitative estimate of drug-likeness (QED) is 0.657. The summed E-state index contributed by atoms with van der Waals surface area (Å²) < 4.78 is 0. The lowest BCUT2D eigenvalue weighted by Crippen LogP contribution is -2.39. The highest BCUT2D eigenvalue weighted by atomic mass is 15.5. The molecule has 0 bridgehead atoms. The first-order valence-corrected chi connectivity index (χ1v) is 4.82. The van der Waals surface area contributed by atoms with Crippen molar-refractivity contribution >= 4 is 0 Å². The first-order valence-electron chi connectivity index (χ1n) is 4.82. The molecular weight excluding hydrogens is 160 g/mol. The van der Waals surface area contributed by atoms with E-state index >= 15 is 0 Å². The predicted molar refractivity (Wildman–Crippen MR) is 54.9 cm³/mol. The van der Waals surface area contributed by atoms with Crippen LogP contribution >= 0.6 is 0 Å². The Bertz CT molecular complexity index is 286. The maximum Gasteiger partial charge on any atom is 0.0669 e. The molecule has 0 spiro atoms. The van der Waals surface area contributed by atoms with Gasteiger partial charge in [0.25, 0.3) is 0 Å². The van der Waals surface area contributed by atoms with Gasteiger partial charge < -0.3 is 5.01 Å². The molecule has 2 rings (SSSR count). The van der Waals surface area contributed by atoms with Gasteiger partial charge in [0.2, 0.25) is 0 Å². The molecule has 1 aliphatic carbocycles. The number of allylic oxidation sites excluding steroid dienone is 3. The summed E-state index contributed by atoms with van der Waals surface area (Å²) in [5.41, 5.74) is 6.06. The van der Waals surface area contributed by atoms with Crippen molar-refractivity contribution < 1.29 is 0 Å². The van der Waals surface area contributed by atoms with Crippen molar-refractivity contribution in [2.24, 2.45) is 0 Å². The fraction of sp³-hybridized carbons (Fsp3) is 0.455. The van der Waals surface area contributed by atoms with E-state index in [0.717, 1.165) is 13.0 Å². The van der Waals surface area contributed by atoms with Gasteiger partial charge in [-0.15, -0.1) is 0 Å². The zero-order valence-corrected chi connectivity index (χ0v) is 8.25. The van der Waals surface area contributed by atoms with Gasteiger partial charge in [-0.2, -0.15) is 0 Å². The van der Waals surface area contributed by atoms with Crippen molar-refractivity contribution in [1.29, 1.82) is 0 Å². The summed E-state index contributed by atoms with van der Waals surface area (Å²) in [5.74, 6) is 0. The van der Waals surface area contributed by atoms with Crippen molar-refractivity contribution in [3.63, 3.8) is 0 Å². The molecule has 0 saturated carbocycles. The number of rotatable bonds is 1. The number of hydrazine groups is 1. The van der Waals surface area contributed by atoms with E-state index in [1.54, 1.807) is 0 Å². The van der Waals surface area contributed by atoms with Crippen LogP contribution in [0.25, 0.3) is 0 Å². The Labute approximate surface area is 79.6 Å². The van der Waals surface area contributed by atoms with Gasteiger partial charge in [-0.3, -0.25) is 0 Å². The zero-order chi connectivity index (χ0) is 9.26. The first kappa shape index (κ1) is 8.57. The zero-order valence-electron chi connectivity index (χ0n) is 8.25. The molecule has 1 atom stereocenters. The van der Waals surface area contributed by atoms with Crippen LogP contribution in [-0.2, 0) is 0 Å². The molecule has 0 saturated heterocycles. The third-order valence-electron chi connectivity index (χ3n) is 2.63. The summed E-state index contributed by atoms with van der Waals surface area (Å²) in [6, 6.07) is 0.502. The van der Waals surface area contributed by atoms with Crippen LogP contribution in [-0.4, -0.2) is 17.6 Å². The lowest BCUT2D eigenvalue weighted by Gasteiger charge is -2.29. The average Bonchev–Trinajstić information content (AvgIpc) is 2.53. The number of hydrogen-bond donors (Lipinski definition) is 1. The van der Waals surface area contributed by atoms with Crippen LogP contribution in [0.1, 0.15) is 20.3 Å². The fourth-order valence-corrected chi connectivity index (χ4v) is 1.80. The monoisotopic (exact) mass is 176 g/mol. The Morgan fingerprint density at radius 2 is 2.23 bits per heavy atom. The van der Waals surface area contributed by atoms with E-state index in [-0.39, 0.29) is 0 Å². The van der Waals surface area contributed by atoms with E-state index in [9.17, 15) is 0 Å². The van der Waals surface area contributed by atoms with Gasteiger partial charge in [0.1, 0.15) is 0 Å². The second-order valence-corrected chi connectivity index (χ2v) is 3.69. The summed E-state index contributed by atoms with van der Waals surface area (Å²) in [6.45, 7) is 5.27. The van der Waals surface area contributed by atoms with E-state index in [2.05, 4.69) is 48.6 Å². The minimum atomic E-state index is 0.502. The number of nitrogens with zero attached hydrogens (tertiary/aromatic N) is 1. The largest absolute Gasteiger partial charge is 0.306 e. The third-order valence-corrected chi connectivity index (χ3v) is 2.63. The summed E-state index contributed by atoms with van der Waals surface area (Å²) in [7, 11) is 0. The van der Waals surface area contributed by atoms with Crippen molar-refractivity contribution in [2.75, 3.05) is 6.54 Å². The Balaban J connectivity index is 2.04. The summed E-state index contributed by atoms with van der Waals surface area (Å²) in [5, 5.41) is 2.25. The van der Waals surface area contributed by atoms with E-state index in [1.807, 2.05) is 0 Å². The molecule has 0 amide bonds. The van der Waals surface area contributed by atoms with Crippen LogP contribution in [0.15, 0.2) is 35.6 Å². The van der Waals surface area contributed by atoms with Crippen LogP contribution in [0.2, 0.25) is 0 Å². The second-order valence-electron chi connectivity index (χ2n) is 3.69. The standard InChI is InChI=1S/C11H16N2/c1-9-3-5-11(6-4-9)13-10(2)7-8-12-13/h3-5,7,11-12H,6,8H2,1-2H3. The van der Waals surface area contributed by atoms with E-state index in [1.165, 1.54) is 11.3 Å². The summed E-state index contributed by atoms with van der Waals surface area (Å²) in [4.78, 5) is 0. The molecule has 2 aliphatic rings. The molecule has 13 heavy (non-hydrogen) atoms. The molecule has 2 nitrogen and oxygen atoms in total. The van der Waals surface area contributed by atoms with Gasteiger partial charge in [-0.25, -0.2) is 5.43 Å². The average molecular weight is 176 g/mol. The third kappa shape index (κ3) is 1.68. The summed E-state index contributed by atoms with van der Waals surface area (Å²) in [6.07, 6.45) is 10.1. The van der Waals surface area contributed by atoms with Crippen LogP contribution in [0.4, 0.5) is 0 Å². The first-order chi connectivity index (χ1) is 6.27. The van der Waals surface area contributed by atoms with Gasteiger partial charge in [-0.05, 0) is 26.3 Å². The molecule has 0 aromatic rings. The SMILES string of the molecule is CC1=CCC(N2NCC=C2C)C=C1. The molecule has 1 aliphatic heterocycles. The van der Waals surface area contributed by atoms with E-state index < -0.39 is 0 Å². The minimum Gasteiger partial charge on any atom is -0.306 e. The van der Waals surface area contributed by atoms with E-state index in [0.29, 0.717) is 6.04 Å². The fourth-order valence-electron chi connectivity index (χ4n) is 1.80. The van der Waals surface area contributed by atoms with Crippen molar-refractivity contribution in [1.82, 2.24) is 10.4 Å². The molecule has 1 N–H and O–H groups in total. The van der Waals surface area contributed by atoms with Gasteiger partial charge in [0.05, 0.1) is 6.04 Å². The molecule has 1 unspecified atom stereocenters. The van der Waals surface area contributed by atoms with Crippen molar-refractivity contribution in [3.8, 4) is 0 Å². The maximum atomic E-state index is 3.35. The molecule has 0 aromatic heterocycles. The minimum absolute atomic E-state index is 0.502. The van der Waals surface area contributed by atoms with Crippen LogP contribution in [0, 0.1) is 0 Å². The second kappa shape index (κ2) is 3.38. The Kier molecular flexibility index (Phi) is 2.23. The molecule has 70 valence electrons. The summed E-state index contributed by atoms with van der Waals surface area (Å²) >= 11 is 0.